The number of rotatable bonds is 9. The molecule has 0 fully saturated rings. The summed E-state index contributed by atoms with van der Waals surface area (Å²) in [6.45, 7) is 1.97. The van der Waals surface area contributed by atoms with E-state index in [2.05, 4.69) is 20.8 Å². The Morgan fingerprint density at radius 3 is 2.64 bits per heavy atom. The molecule has 0 aliphatic carbocycles. The summed E-state index contributed by atoms with van der Waals surface area (Å²) in [5, 5.41) is 20.3. The molecule has 1 aliphatic heterocycles. The maximum atomic E-state index is 14.6. The molecular weight excluding hydrogens is 468 g/mol. The summed E-state index contributed by atoms with van der Waals surface area (Å²) >= 11 is 0. The van der Waals surface area contributed by atoms with Gasteiger partial charge < -0.3 is 10.7 Å². The van der Waals surface area contributed by atoms with Gasteiger partial charge in [-0.3, -0.25) is 14.8 Å². The van der Waals surface area contributed by atoms with Gasteiger partial charge in [-0.2, -0.15) is 5.10 Å². The van der Waals surface area contributed by atoms with Crippen molar-refractivity contribution in [3.8, 4) is 0 Å². The molecule has 1 unspecified atom stereocenters. The van der Waals surface area contributed by atoms with Crippen LogP contribution in [0.4, 0.5) is 25.8 Å². The van der Waals surface area contributed by atoms with Gasteiger partial charge in [0, 0.05) is 49.4 Å². The minimum atomic E-state index is -0.615. The number of non-ortho nitro benzene ring substituents is 1. The summed E-state index contributed by atoms with van der Waals surface area (Å²) in [6.07, 6.45) is 3.00. The van der Waals surface area contributed by atoms with E-state index in [4.69, 9.17) is 0 Å². The van der Waals surface area contributed by atoms with Gasteiger partial charge in [-0.1, -0.05) is 18.2 Å². The quantitative estimate of drug-likeness (QED) is 0.258. The Morgan fingerprint density at radius 2 is 1.92 bits per heavy atom. The highest BCUT2D eigenvalue weighted by Crippen LogP contribution is 2.31. The van der Waals surface area contributed by atoms with E-state index in [1.54, 1.807) is 23.1 Å². The molecular formula is C25H23F2N7O2. The summed E-state index contributed by atoms with van der Waals surface area (Å²) in [4.78, 5) is 14.4. The van der Waals surface area contributed by atoms with Crippen molar-refractivity contribution < 1.29 is 13.7 Å². The number of aromatic nitrogens is 3. The number of nitrogens with zero attached hydrogens (tertiary/aromatic N) is 5. The predicted molar refractivity (Wildman–Crippen MR) is 130 cm³/mol. The monoisotopic (exact) mass is 491 g/mol. The van der Waals surface area contributed by atoms with Gasteiger partial charge in [-0.15, -0.1) is 0 Å². The van der Waals surface area contributed by atoms with Gasteiger partial charge in [0.1, 0.15) is 24.3 Å². The third kappa shape index (κ3) is 5.31. The van der Waals surface area contributed by atoms with Crippen LogP contribution < -0.4 is 10.7 Å². The van der Waals surface area contributed by atoms with Crippen LogP contribution in [0.2, 0.25) is 0 Å². The normalized spacial score (nSPS) is 13.7. The first kappa shape index (κ1) is 23.4. The Labute approximate surface area is 205 Å². The molecule has 9 nitrogen and oxygen atoms in total. The van der Waals surface area contributed by atoms with Crippen LogP contribution in [0.1, 0.15) is 22.6 Å². The van der Waals surface area contributed by atoms with E-state index >= 15 is 0 Å². The first-order chi connectivity index (χ1) is 17.4. The van der Waals surface area contributed by atoms with Crippen LogP contribution in [-0.4, -0.2) is 31.2 Å². The second kappa shape index (κ2) is 10.1. The molecule has 2 heterocycles. The Bertz CT molecular complexity index is 1360. The zero-order chi connectivity index (χ0) is 25.1. The number of hydrogen-bond donors (Lipinski definition) is 2. The highest BCUT2D eigenvalue weighted by Gasteiger charge is 2.25. The number of nitro benzene ring substituents is 1. The van der Waals surface area contributed by atoms with Crippen molar-refractivity contribution in [3.05, 3.63) is 112 Å². The molecule has 0 amide bonds. The summed E-state index contributed by atoms with van der Waals surface area (Å²) in [5.74, 6) is -1.50. The maximum Gasteiger partial charge on any atom is 0.269 e. The number of nitro groups is 1. The molecule has 2 N–H and O–H groups in total. The topological polar surface area (TPSA) is 101 Å². The standard InChI is InChI=1S/C25H23F2N7O2/c26-20-3-7-23(24(27)10-20)19(14-33-16-28-15-30-33)13-32-12-18-9-21(4-8-25(18)31-32)29-11-17-1-5-22(6-2-17)34(35)36/h1-10,15-16,19,29,31H,11-14H2. The number of nitrogens with one attached hydrogen (secondary N) is 2. The van der Waals surface area contributed by atoms with Crippen molar-refractivity contribution >= 4 is 17.1 Å². The number of halogens is 2. The zero-order valence-electron chi connectivity index (χ0n) is 19.1. The minimum Gasteiger partial charge on any atom is -0.381 e. The molecule has 0 saturated carbocycles. The van der Waals surface area contributed by atoms with E-state index in [9.17, 15) is 18.9 Å². The van der Waals surface area contributed by atoms with Crippen molar-refractivity contribution in [2.24, 2.45) is 0 Å². The molecule has 5 rings (SSSR count). The maximum absolute atomic E-state index is 14.6. The number of fused-ring (bicyclic) bond motifs is 1. The Morgan fingerprint density at radius 1 is 1.08 bits per heavy atom. The van der Waals surface area contributed by atoms with Gasteiger partial charge in [0.15, 0.2) is 0 Å². The lowest BCUT2D eigenvalue weighted by molar-refractivity contribution is -0.384. The Hall–Kier alpha value is -4.38. The number of hydrogen-bond acceptors (Lipinski definition) is 7. The van der Waals surface area contributed by atoms with Gasteiger partial charge in [-0.05, 0) is 41.0 Å². The highest BCUT2D eigenvalue weighted by molar-refractivity contribution is 5.61. The minimum absolute atomic E-state index is 0.0603. The molecule has 36 heavy (non-hydrogen) atoms. The van der Waals surface area contributed by atoms with E-state index in [1.165, 1.54) is 30.6 Å². The van der Waals surface area contributed by atoms with Crippen molar-refractivity contribution in [2.75, 3.05) is 17.3 Å². The lowest BCUT2D eigenvalue weighted by Crippen LogP contribution is -2.31. The highest BCUT2D eigenvalue weighted by atomic mass is 19.1. The fourth-order valence-corrected chi connectivity index (χ4v) is 4.31. The van der Waals surface area contributed by atoms with Crippen molar-refractivity contribution in [1.82, 2.24) is 19.8 Å². The van der Waals surface area contributed by atoms with Crippen LogP contribution in [0.15, 0.2) is 73.3 Å². The van der Waals surface area contributed by atoms with Crippen molar-refractivity contribution in [1.29, 1.82) is 0 Å². The lowest BCUT2D eigenvalue weighted by Gasteiger charge is -2.24. The smallest absolute Gasteiger partial charge is 0.269 e. The second-order valence-electron chi connectivity index (χ2n) is 8.62. The van der Waals surface area contributed by atoms with Gasteiger partial charge in [0.2, 0.25) is 0 Å². The lowest BCUT2D eigenvalue weighted by atomic mass is 9.98. The van der Waals surface area contributed by atoms with Gasteiger partial charge in [0.25, 0.3) is 5.69 Å². The molecule has 11 heteroatoms. The average Bonchev–Trinajstić information content (AvgIpc) is 3.51. The molecule has 0 saturated heterocycles. The first-order valence-electron chi connectivity index (χ1n) is 11.3. The molecule has 184 valence electrons. The average molecular weight is 492 g/mol. The van der Waals surface area contributed by atoms with E-state index in [1.807, 2.05) is 23.2 Å². The van der Waals surface area contributed by atoms with Crippen LogP contribution in [0.25, 0.3) is 0 Å². The number of hydrazine groups is 1. The van der Waals surface area contributed by atoms with E-state index < -0.39 is 16.6 Å². The molecule has 0 spiro atoms. The molecule has 4 aromatic rings. The fourth-order valence-electron chi connectivity index (χ4n) is 4.31. The molecule has 3 aromatic carbocycles. The predicted octanol–water partition coefficient (Wildman–Crippen LogP) is 4.70. The van der Waals surface area contributed by atoms with E-state index in [0.29, 0.717) is 31.7 Å². The SMILES string of the molecule is O=[N+]([O-])c1ccc(CNc2ccc3c(c2)CN(CC(Cn2cncn2)c2ccc(F)cc2F)N3)cc1. The van der Waals surface area contributed by atoms with E-state index in [0.717, 1.165) is 28.6 Å². The van der Waals surface area contributed by atoms with Crippen molar-refractivity contribution in [3.63, 3.8) is 0 Å². The largest absolute Gasteiger partial charge is 0.381 e. The Balaban J connectivity index is 1.26. The van der Waals surface area contributed by atoms with Crippen LogP contribution in [0.5, 0.6) is 0 Å². The fraction of sp³-hybridized carbons (Fsp3) is 0.200. The third-order valence-corrected chi connectivity index (χ3v) is 6.11. The van der Waals surface area contributed by atoms with Crippen LogP contribution in [0.3, 0.4) is 0 Å². The van der Waals surface area contributed by atoms with E-state index in [-0.39, 0.29) is 11.6 Å². The third-order valence-electron chi connectivity index (χ3n) is 6.11. The van der Waals surface area contributed by atoms with Crippen LogP contribution in [-0.2, 0) is 19.6 Å². The number of anilines is 2. The summed E-state index contributed by atoms with van der Waals surface area (Å²) in [6, 6.07) is 16.0. The van der Waals surface area contributed by atoms with Gasteiger partial charge >= 0.3 is 0 Å². The molecule has 1 atom stereocenters. The molecule has 1 aliphatic rings. The van der Waals surface area contributed by atoms with Crippen molar-refractivity contribution in [2.45, 2.75) is 25.6 Å². The van der Waals surface area contributed by atoms with Crippen LogP contribution in [0, 0.1) is 21.7 Å². The molecule has 1 aromatic heterocycles. The molecule has 0 radical (unpaired) electrons. The molecule has 0 bridgehead atoms. The van der Waals surface area contributed by atoms with Gasteiger partial charge in [-0.25, -0.2) is 18.8 Å². The van der Waals surface area contributed by atoms with Crippen LogP contribution >= 0.6 is 0 Å². The Kier molecular flexibility index (Phi) is 6.54. The summed E-state index contributed by atoms with van der Waals surface area (Å²) in [5.41, 5.74) is 7.71. The second-order valence-corrected chi connectivity index (χ2v) is 8.62. The first-order valence-corrected chi connectivity index (χ1v) is 11.3. The summed E-state index contributed by atoms with van der Waals surface area (Å²) in [7, 11) is 0. The zero-order valence-corrected chi connectivity index (χ0v) is 19.1. The van der Waals surface area contributed by atoms with Gasteiger partial charge in [0.05, 0.1) is 17.2 Å². The number of benzene rings is 3. The summed E-state index contributed by atoms with van der Waals surface area (Å²) < 4.78 is 29.8.